The summed E-state index contributed by atoms with van der Waals surface area (Å²) >= 11 is 0. The molecule has 154 valence electrons. The predicted molar refractivity (Wildman–Crippen MR) is 117 cm³/mol. The lowest BCUT2D eigenvalue weighted by molar-refractivity contribution is 0.200. The predicted octanol–water partition coefficient (Wildman–Crippen LogP) is 5.11. The maximum Gasteiger partial charge on any atom is 0.178 e. The maximum absolute atomic E-state index is 8.07. The standard InChI is InChI=1S/C24H33N5/c1-16(2)20-11-13-21(14-12-20)23(28-15-7-10-19(28)5)24-25-26-27-29(24)22-17(3)8-6-9-18(22)4/h6,8-9,13,19-20,23H,1,7,10-12,14-15H2,2-5H3/t19?,20-,23?/m1/s1/i3D3. The monoisotopic (exact) mass is 394 g/mol. The number of benzene rings is 1. The first-order valence-electron chi connectivity index (χ1n) is 12.2. The normalized spacial score (nSPS) is 25.8. The van der Waals surface area contributed by atoms with Crippen LogP contribution in [0.1, 0.15) is 73.1 Å². The quantitative estimate of drug-likeness (QED) is 0.661. The molecule has 1 aromatic carbocycles. The van der Waals surface area contributed by atoms with E-state index in [4.69, 9.17) is 4.11 Å². The van der Waals surface area contributed by atoms with E-state index in [0.29, 0.717) is 23.5 Å². The average Bonchev–Trinajstić information content (AvgIpc) is 3.38. The summed E-state index contributed by atoms with van der Waals surface area (Å²) in [6.45, 7) is 9.18. The van der Waals surface area contributed by atoms with Crippen LogP contribution in [-0.2, 0) is 0 Å². The van der Waals surface area contributed by atoms with Crippen LogP contribution in [0.2, 0.25) is 0 Å². The number of likely N-dealkylation sites (tertiary alicyclic amines) is 1. The zero-order chi connectivity index (χ0) is 23.0. The third-order valence-corrected chi connectivity index (χ3v) is 6.62. The highest BCUT2D eigenvalue weighted by molar-refractivity contribution is 5.47. The van der Waals surface area contributed by atoms with E-state index in [2.05, 4.69) is 46.9 Å². The lowest BCUT2D eigenvalue weighted by Crippen LogP contribution is -2.35. The van der Waals surface area contributed by atoms with Gasteiger partial charge in [0.2, 0.25) is 0 Å². The molecule has 2 unspecified atom stereocenters. The van der Waals surface area contributed by atoms with Gasteiger partial charge >= 0.3 is 0 Å². The molecule has 0 amide bonds. The molecule has 29 heavy (non-hydrogen) atoms. The van der Waals surface area contributed by atoms with Crippen LogP contribution in [0.5, 0.6) is 0 Å². The molecule has 1 aromatic heterocycles. The molecule has 0 bridgehead atoms. The molecule has 2 aromatic rings. The molecule has 1 aliphatic carbocycles. The van der Waals surface area contributed by atoms with Crippen LogP contribution in [0.15, 0.2) is 42.0 Å². The Balaban J connectivity index is 1.83. The molecule has 1 saturated heterocycles. The average molecular weight is 395 g/mol. The second-order valence-electron chi connectivity index (χ2n) is 8.65. The van der Waals surface area contributed by atoms with Gasteiger partial charge in [0.15, 0.2) is 5.82 Å². The van der Waals surface area contributed by atoms with Gasteiger partial charge < -0.3 is 0 Å². The summed E-state index contributed by atoms with van der Waals surface area (Å²) in [5, 5.41) is 12.8. The molecular weight excluding hydrogens is 358 g/mol. The molecule has 2 aliphatic rings. The Bertz CT molecular complexity index is 1020. The number of rotatable bonds is 5. The van der Waals surface area contributed by atoms with Crippen molar-refractivity contribution in [1.82, 2.24) is 25.1 Å². The van der Waals surface area contributed by atoms with Crippen molar-refractivity contribution in [3.05, 3.63) is 59.0 Å². The fourth-order valence-corrected chi connectivity index (χ4v) is 4.88. The maximum atomic E-state index is 8.07. The summed E-state index contributed by atoms with van der Waals surface area (Å²) in [5.74, 6) is 1.23. The molecule has 1 aliphatic heterocycles. The molecule has 5 heteroatoms. The first-order chi connectivity index (χ1) is 15.2. The van der Waals surface area contributed by atoms with Gasteiger partial charge in [-0.3, -0.25) is 4.90 Å². The summed E-state index contributed by atoms with van der Waals surface area (Å²) in [5.41, 5.74) is 4.26. The highest BCUT2D eigenvalue weighted by Gasteiger charge is 2.36. The molecular formula is C24H33N5. The Labute approximate surface area is 178 Å². The third-order valence-electron chi connectivity index (χ3n) is 6.62. The summed E-state index contributed by atoms with van der Waals surface area (Å²) in [6.07, 6.45) is 7.66. The van der Waals surface area contributed by atoms with Gasteiger partial charge in [0.1, 0.15) is 0 Å². The van der Waals surface area contributed by atoms with Crippen molar-refractivity contribution in [3.8, 4) is 5.69 Å². The Morgan fingerprint density at radius 2 is 2.14 bits per heavy atom. The van der Waals surface area contributed by atoms with Gasteiger partial charge in [-0.15, -0.1) is 5.10 Å². The Morgan fingerprint density at radius 3 is 2.79 bits per heavy atom. The summed E-state index contributed by atoms with van der Waals surface area (Å²) in [7, 11) is 0. The zero-order valence-corrected chi connectivity index (χ0v) is 17.7. The number of para-hydroxylation sites is 1. The van der Waals surface area contributed by atoms with Gasteiger partial charge in [-0.1, -0.05) is 36.4 Å². The third kappa shape index (κ3) is 3.80. The molecule has 4 rings (SSSR count). The summed E-state index contributed by atoms with van der Waals surface area (Å²) < 4.78 is 25.9. The van der Waals surface area contributed by atoms with Crippen molar-refractivity contribution in [3.63, 3.8) is 0 Å². The van der Waals surface area contributed by atoms with Gasteiger partial charge in [-0.2, -0.15) is 4.68 Å². The van der Waals surface area contributed by atoms with Crippen LogP contribution in [0.4, 0.5) is 0 Å². The van der Waals surface area contributed by atoms with Crippen LogP contribution < -0.4 is 0 Å². The van der Waals surface area contributed by atoms with Crippen molar-refractivity contribution in [2.24, 2.45) is 5.92 Å². The largest absolute Gasteiger partial charge is 0.287 e. The van der Waals surface area contributed by atoms with Gasteiger partial charge in [-0.05, 0) is 99.3 Å². The van der Waals surface area contributed by atoms with E-state index in [9.17, 15) is 0 Å². The summed E-state index contributed by atoms with van der Waals surface area (Å²) in [4.78, 5) is 2.49. The molecule has 1 fully saturated rings. The number of nitrogens with zero attached hydrogens (tertiary/aromatic N) is 5. The topological polar surface area (TPSA) is 46.8 Å². The number of aryl methyl sites for hydroxylation is 2. The minimum atomic E-state index is -2.25. The SMILES string of the molecule is [2H]C([2H])([2H])c1cccc(C)c1-n1nnnc1C(C1=CC[C@@H](C(=C)C)CC1)N1CCCC1C. The molecule has 3 atom stereocenters. The zero-order valence-electron chi connectivity index (χ0n) is 20.7. The number of hydrogen-bond donors (Lipinski definition) is 0. The number of allylic oxidation sites excluding steroid dienone is 2. The minimum Gasteiger partial charge on any atom is -0.287 e. The number of tetrazole rings is 1. The molecule has 0 radical (unpaired) electrons. The number of aromatic nitrogens is 4. The summed E-state index contributed by atoms with van der Waals surface area (Å²) in [6, 6.07) is 5.72. The first kappa shape index (κ1) is 16.5. The second kappa shape index (κ2) is 8.23. The van der Waals surface area contributed by atoms with Gasteiger partial charge in [0.05, 0.1) is 11.7 Å². The molecule has 2 heterocycles. The first-order valence-corrected chi connectivity index (χ1v) is 10.7. The van der Waals surface area contributed by atoms with Crippen molar-refractivity contribution < 1.29 is 4.11 Å². The molecule has 5 nitrogen and oxygen atoms in total. The smallest absolute Gasteiger partial charge is 0.178 e. The van der Waals surface area contributed by atoms with E-state index >= 15 is 0 Å². The van der Waals surface area contributed by atoms with E-state index < -0.39 is 6.85 Å². The van der Waals surface area contributed by atoms with E-state index in [0.717, 1.165) is 44.2 Å². The molecule has 0 saturated carbocycles. The van der Waals surface area contributed by atoms with E-state index in [1.165, 1.54) is 11.1 Å². The lowest BCUT2D eigenvalue weighted by atomic mass is 9.82. The van der Waals surface area contributed by atoms with Crippen LogP contribution >= 0.6 is 0 Å². The number of hydrogen-bond acceptors (Lipinski definition) is 4. The van der Waals surface area contributed by atoms with E-state index in [-0.39, 0.29) is 11.6 Å². The highest BCUT2D eigenvalue weighted by Crippen LogP contribution is 2.40. The van der Waals surface area contributed by atoms with E-state index in [1.54, 1.807) is 16.8 Å². The Morgan fingerprint density at radius 1 is 1.31 bits per heavy atom. The van der Waals surface area contributed by atoms with E-state index in [1.807, 2.05) is 13.0 Å². The minimum absolute atomic E-state index is 0.0578. The fraction of sp³-hybridized carbons (Fsp3) is 0.542. The highest BCUT2D eigenvalue weighted by atomic mass is 15.6. The van der Waals surface area contributed by atoms with Crippen LogP contribution in [0, 0.1) is 19.7 Å². The molecule has 0 N–H and O–H groups in total. The van der Waals surface area contributed by atoms with Crippen LogP contribution in [0.25, 0.3) is 5.69 Å². The van der Waals surface area contributed by atoms with Crippen LogP contribution in [-0.4, -0.2) is 37.7 Å². The lowest BCUT2D eigenvalue weighted by Gasteiger charge is -2.35. The van der Waals surface area contributed by atoms with Crippen molar-refractivity contribution >= 4 is 0 Å². The fourth-order valence-electron chi connectivity index (χ4n) is 4.88. The van der Waals surface area contributed by atoms with Gasteiger partial charge in [-0.25, -0.2) is 0 Å². The van der Waals surface area contributed by atoms with Crippen molar-refractivity contribution in [2.75, 3.05) is 6.54 Å². The van der Waals surface area contributed by atoms with Crippen molar-refractivity contribution in [2.45, 2.75) is 71.8 Å². The van der Waals surface area contributed by atoms with Gasteiger partial charge in [0.25, 0.3) is 0 Å². The van der Waals surface area contributed by atoms with Crippen molar-refractivity contribution in [1.29, 1.82) is 0 Å². The Kier molecular flexibility index (Phi) is 4.69. The second-order valence-corrected chi connectivity index (χ2v) is 8.65. The Hall–Kier alpha value is -2.27. The molecule has 0 spiro atoms. The van der Waals surface area contributed by atoms with Crippen LogP contribution in [0.3, 0.4) is 0 Å². The van der Waals surface area contributed by atoms with Gasteiger partial charge in [0, 0.05) is 10.2 Å².